The number of carbonyl (C=O) groups is 1. The Kier molecular flexibility index (Phi) is 4.04. The summed E-state index contributed by atoms with van der Waals surface area (Å²) < 4.78 is 13.4. The highest BCUT2D eigenvalue weighted by molar-refractivity contribution is 7.11. The molecule has 6 heteroatoms. The fraction of sp³-hybridized carbons (Fsp3) is 0.286. The maximum absolute atomic E-state index is 13.4. The Labute approximate surface area is 120 Å². The SMILES string of the molecule is Cc1nc(C(C)Nc2ccc(F)c(C(N)=O)c2)c(C)s1. The van der Waals surface area contributed by atoms with Gasteiger partial charge in [0, 0.05) is 10.6 Å². The normalized spacial score (nSPS) is 12.2. The Balaban J connectivity index is 2.24. The van der Waals surface area contributed by atoms with Crippen molar-refractivity contribution in [3.8, 4) is 0 Å². The Hall–Kier alpha value is -1.95. The number of rotatable bonds is 4. The molecule has 1 atom stereocenters. The number of aryl methyl sites for hydroxylation is 2. The van der Waals surface area contributed by atoms with Gasteiger partial charge in [-0.25, -0.2) is 9.37 Å². The zero-order chi connectivity index (χ0) is 14.9. The molecule has 0 aliphatic heterocycles. The molecule has 1 unspecified atom stereocenters. The molecule has 0 radical (unpaired) electrons. The first kappa shape index (κ1) is 14.5. The summed E-state index contributed by atoms with van der Waals surface area (Å²) in [6.45, 7) is 5.93. The van der Waals surface area contributed by atoms with E-state index in [1.165, 1.54) is 12.1 Å². The minimum absolute atomic E-state index is 0.0360. The number of hydrogen-bond acceptors (Lipinski definition) is 4. The Morgan fingerprint density at radius 3 is 2.70 bits per heavy atom. The smallest absolute Gasteiger partial charge is 0.251 e. The number of nitrogens with one attached hydrogen (secondary N) is 1. The minimum atomic E-state index is -0.778. The predicted octanol–water partition coefficient (Wildman–Crippen LogP) is 3.17. The Bertz CT molecular complexity index is 654. The molecule has 1 aromatic heterocycles. The lowest BCUT2D eigenvalue weighted by Crippen LogP contribution is -2.14. The first-order valence-corrected chi connectivity index (χ1v) is 7.00. The summed E-state index contributed by atoms with van der Waals surface area (Å²) in [6.07, 6.45) is 0. The summed E-state index contributed by atoms with van der Waals surface area (Å²) in [5.74, 6) is -1.39. The molecule has 0 spiro atoms. The van der Waals surface area contributed by atoms with Crippen LogP contribution in [0.3, 0.4) is 0 Å². The van der Waals surface area contributed by atoms with Crippen LogP contribution in [0.2, 0.25) is 0 Å². The number of nitrogens with zero attached hydrogens (tertiary/aromatic N) is 1. The zero-order valence-electron chi connectivity index (χ0n) is 11.5. The zero-order valence-corrected chi connectivity index (χ0v) is 12.3. The fourth-order valence-corrected chi connectivity index (χ4v) is 2.98. The van der Waals surface area contributed by atoms with Crippen LogP contribution in [0.4, 0.5) is 10.1 Å². The van der Waals surface area contributed by atoms with Crippen LogP contribution in [-0.4, -0.2) is 10.9 Å². The van der Waals surface area contributed by atoms with Crippen molar-refractivity contribution in [1.29, 1.82) is 0 Å². The van der Waals surface area contributed by atoms with Crippen molar-refractivity contribution < 1.29 is 9.18 Å². The molecule has 0 aliphatic carbocycles. The molecule has 1 heterocycles. The third-order valence-corrected chi connectivity index (χ3v) is 3.87. The number of thiazole rings is 1. The van der Waals surface area contributed by atoms with Crippen molar-refractivity contribution >= 4 is 22.9 Å². The van der Waals surface area contributed by atoms with Crippen molar-refractivity contribution in [2.24, 2.45) is 5.73 Å². The lowest BCUT2D eigenvalue weighted by atomic mass is 10.1. The van der Waals surface area contributed by atoms with E-state index in [0.29, 0.717) is 5.69 Å². The van der Waals surface area contributed by atoms with Crippen molar-refractivity contribution in [3.63, 3.8) is 0 Å². The lowest BCUT2D eigenvalue weighted by molar-refractivity contribution is 0.0996. The number of hydrogen-bond donors (Lipinski definition) is 2. The van der Waals surface area contributed by atoms with Gasteiger partial charge in [-0.2, -0.15) is 0 Å². The topological polar surface area (TPSA) is 68.0 Å². The highest BCUT2D eigenvalue weighted by Gasteiger charge is 2.15. The van der Waals surface area contributed by atoms with Gasteiger partial charge in [0.2, 0.25) is 0 Å². The van der Waals surface area contributed by atoms with E-state index in [1.807, 2.05) is 20.8 Å². The van der Waals surface area contributed by atoms with E-state index in [1.54, 1.807) is 17.4 Å². The quantitative estimate of drug-likeness (QED) is 0.909. The van der Waals surface area contributed by atoms with Crippen LogP contribution in [0.1, 0.15) is 38.9 Å². The lowest BCUT2D eigenvalue weighted by Gasteiger charge is -2.15. The molecule has 0 saturated carbocycles. The van der Waals surface area contributed by atoms with Gasteiger partial charge in [-0.1, -0.05) is 0 Å². The van der Waals surface area contributed by atoms with E-state index in [2.05, 4.69) is 10.3 Å². The second-order valence-electron chi connectivity index (χ2n) is 4.60. The average Bonchev–Trinajstić information content (AvgIpc) is 2.70. The summed E-state index contributed by atoms with van der Waals surface area (Å²) >= 11 is 1.63. The molecule has 1 aromatic carbocycles. The first-order valence-electron chi connectivity index (χ1n) is 6.18. The van der Waals surface area contributed by atoms with Gasteiger partial charge < -0.3 is 11.1 Å². The van der Waals surface area contributed by atoms with Crippen LogP contribution in [0.5, 0.6) is 0 Å². The maximum atomic E-state index is 13.4. The van der Waals surface area contributed by atoms with E-state index in [-0.39, 0.29) is 11.6 Å². The Morgan fingerprint density at radius 1 is 1.45 bits per heavy atom. The third-order valence-electron chi connectivity index (χ3n) is 2.96. The third kappa shape index (κ3) is 2.96. The van der Waals surface area contributed by atoms with E-state index in [9.17, 15) is 9.18 Å². The van der Waals surface area contributed by atoms with Gasteiger partial charge >= 0.3 is 0 Å². The molecule has 106 valence electrons. The molecule has 2 aromatic rings. The number of halogens is 1. The van der Waals surface area contributed by atoms with Gasteiger partial charge in [0.25, 0.3) is 5.91 Å². The van der Waals surface area contributed by atoms with Gasteiger partial charge in [-0.05, 0) is 39.0 Å². The molecule has 4 nitrogen and oxygen atoms in total. The summed E-state index contributed by atoms with van der Waals surface area (Å²) in [5, 5.41) is 4.21. The second-order valence-corrected chi connectivity index (χ2v) is 6.01. The number of benzene rings is 1. The summed E-state index contributed by atoms with van der Waals surface area (Å²) in [4.78, 5) is 16.7. The van der Waals surface area contributed by atoms with Crippen molar-refractivity contribution in [2.75, 3.05) is 5.32 Å². The largest absolute Gasteiger partial charge is 0.377 e. The molecule has 0 fully saturated rings. The van der Waals surface area contributed by atoms with Crippen LogP contribution < -0.4 is 11.1 Å². The van der Waals surface area contributed by atoms with Crippen LogP contribution in [0, 0.1) is 19.7 Å². The molecule has 2 rings (SSSR count). The highest BCUT2D eigenvalue weighted by Crippen LogP contribution is 2.26. The summed E-state index contributed by atoms with van der Waals surface area (Å²) in [6, 6.07) is 4.19. The number of nitrogens with two attached hydrogens (primary N) is 1. The average molecular weight is 293 g/mol. The van der Waals surface area contributed by atoms with E-state index >= 15 is 0 Å². The molecule has 1 amide bonds. The highest BCUT2D eigenvalue weighted by atomic mass is 32.1. The van der Waals surface area contributed by atoms with Crippen LogP contribution >= 0.6 is 11.3 Å². The number of amides is 1. The minimum Gasteiger partial charge on any atom is -0.377 e. The van der Waals surface area contributed by atoms with Crippen LogP contribution in [-0.2, 0) is 0 Å². The van der Waals surface area contributed by atoms with Crippen molar-refractivity contribution in [2.45, 2.75) is 26.8 Å². The van der Waals surface area contributed by atoms with E-state index in [0.717, 1.165) is 15.6 Å². The molecule has 0 aliphatic rings. The van der Waals surface area contributed by atoms with Crippen LogP contribution in [0.15, 0.2) is 18.2 Å². The van der Waals surface area contributed by atoms with Crippen molar-refractivity contribution in [1.82, 2.24) is 4.98 Å². The van der Waals surface area contributed by atoms with Crippen molar-refractivity contribution in [3.05, 3.63) is 45.2 Å². The molecular formula is C14H16FN3OS. The second kappa shape index (κ2) is 5.58. The first-order chi connectivity index (χ1) is 9.38. The number of anilines is 1. The Morgan fingerprint density at radius 2 is 2.15 bits per heavy atom. The molecule has 20 heavy (non-hydrogen) atoms. The number of primary amides is 1. The van der Waals surface area contributed by atoms with E-state index < -0.39 is 11.7 Å². The molecular weight excluding hydrogens is 277 g/mol. The molecule has 0 saturated heterocycles. The van der Waals surface area contributed by atoms with Gasteiger partial charge in [-0.3, -0.25) is 4.79 Å². The fourth-order valence-electron chi connectivity index (χ4n) is 2.07. The number of carbonyl (C=O) groups excluding carboxylic acids is 1. The van der Waals surface area contributed by atoms with Gasteiger partial charge in [0.05, 0.1) is 22.3 Å². The summed E-state index contributed by atoms with van der Waals surface area (Å²) in [5.41, 5.74) is 6.61. The summed E-state index contributed by atoms with van der Waals surface area (Å²) in [7, 11) is 0. The molecule has 3 N–H and O–H groups in total. The number of aromatic nitrogens is 1. The van der Waals surface area contributed by atoms with Gasteiger partial charge in [0.1, 0.15) is 5.82 Å². The van der Waals surface area contributed by atoms with Gasteiger partial charge in [0.15, 0.2) is 0 Å². The predicted molar refractivity (Wildman–Crippen MR) is 78.5 cm³/mol. The van der Waals surface area contributed by atoms with Gasteiger partial charge in [-0.15, -0.1) is 11.3 Å². The van der Waals surface area contributed by atoms with Crippen LogP contribution in [0.25, 0.3) is 0 Å². The molecule has 0 bridgehead atoms. The maximum Gasteiger partial charge on any atom is 0.251 e. The standard InChI is InChI=1S/C14H16FN3OS/c1-7(13-8(2)20-9(3)18-13)17-10-4-5-12(15)11(6-10)14(16)19/h4-7,17H,1-3H3,(H2,16,19). The monoisotopic (exact) mass is 293 g/mol. The van der Waals surface area contributed by atoms with E-state index in [4.69, 9.17) is 5.73 Å².